The third-order valence-electron chi connectivity index (χ3n) is 2.48. The van der Waals surface area contributed by atoms with Gasteiger partial charge in [0, 0.05) is 18.1 Å². The van der Waals surface area contributed by atoms with Gasteiger partial charge in [-0.3, -0.25) is 4.79 Å². The van der Waals surface area contributed by atoms with Gasteiger partial charge >= 0.3 is 5.97 Å². The number of carbonyl (C=O) groups is 2. The first kappa shape index (κ1) is 14.6. The van der Waals surface area contributed by atoms with Crippen molar-refractivity contribution in [3.63, 3.8) is 0 Å². The minimum atomic E-state index is -0.727. The smallest absolute Gasteiger partial charge is 0.359 e. The Labute approximate surface area is 120 Å². The number of amides is 1. The van der Waals surface area contributed by atoms with Gasteiger partial charge < -0.3 is 10.1 Å². The summed E-state index contributed by atoms with van der Waals surface area (Å²) >= 11 is 0. The lowest BCUT2D eigenvalue weighted by atomic mass is 10.2. The van der Waals surface area contributed by atoms with E-state index in [1.807, 2.05) is 0 Å². The molecule has 0 fully saturated rings. The van der Waals surface area contributed by atoms with Gasteiger partial charge in [0.2, 0.25) is 0 Å². The summed E-state index contributed by atoms with van der Waals surface area (Å²) < 4.78 is 17.6. The molecular weight excluding hydrogens is 277 g/mol. The highest BCUT2D eigenvalue weighted by Crippen LogP contribution is 2.11. The molecule has 0 aliphatic heterocycles. The summed E-state index contributed by atoms with van der Waals surface area (Å²) in [4.78, 5) is 31.5. The molecule has 1 amide bonds. The molecule has 0 spiro atoms. The minimum absolute atomic E-state index is 0.153. The maximum atomic E-state index is 12.8. The molecule has 0 aliphatic rings. The molecule has 21 heavy (non-hydrogen) atoms. The summed E-state index contributed by atoms with van der Waals surface area (Å²) in [7, 11) is 0. The van der Waals surface area contributed by atoms with Gasteiger partial charge in [-0.2, -0.15) is 0 Å². The number of hydrogen-bond donors (Lipinski definition) is 1. The third kappa shape index (κ3) is 3.59. The first-order valence-corrected chi connectivity index (χ1v) is 6.17. The van der Waals surface area contributed by atoms with Crippen LogP contribution in [0.1, 0.15) is 27.9 Å². The normalized spacial score (nSPS) is 10.0. The number of halogens is 1. The Balaban J connectivity index is 2.23. The van der Waals surface area contributed by atoms with Gasteiger partial charge in [0.05, 0.1) is 6.61 Å². The Bertz CT molecular complexity index is 659. The molecule has 1 aromatic heterocycles. The van der Waals surface area contributed by atoms with Crippen LogP contribution in [0.2, 0.25) is 0 Å². The third-order valence-corrected chi connectivity index (χ3v) is 2.48. The van der Waals surface area contributed by atoms with Gasteiger partial charge in [-0.25, -0.2) is 19.2 Å². The fraction of sp³-hybridized carbons (Fsp3) is 0.143. The molecular formula is C14H12FN3O3. The molecule has 1 N–H and O–H groups in total. The molecule has 0 radical (unpaired) electrons. The van der Waals surface area contributed by atoms with Gasteiger partial charge in [-0.05, 0) is 31.2 Å². The van der Waals surface area contributed by atoms with Crippen LogP contribution in [0.4, 0.5) is 10.1 Å². The number of esters is 1. The van der Waals surface area contributed by atoms with E-state index in [2.05, 4.69) is 15.3 Å². The number of aromatic nitrogens is 2. The van der Waals surface area contributed by atoms with Crippen LogP contribution >= 0.6 is 0 Å². The van der Waals surface area contributed by atoms with Crippen LogP contribution in [-0.4, -0.2) is 28.5 Å². The van der Waals surface area contributed by atoms with E-state index in [1.54, 1.807) is 6.92 Å². The highest BCUT2D eigenvalue weighted by atomic mass is 19.1. The Morgan fingerprint density at radius 2 is 1.76 bits per heavy atom. The predicted molar refractivity (Wildman–Crippen MR) is 72.3 cm³/mol. The SMILES string of the molecule is CCOC(=O)c1nccnc1C(=O)Nc1ccc(F)cc1. The van der Waals surface area contributed by atoms with E-state index in [0.29, 0.717) is 5.69 Å². The van der Waals surface area contributed by atoms with E-state index >= 15 is 0 Å². The monoisotopic (exact) mass is 289 g/mol. The van der Waals surface area contributed by atoms with Gasteiger partial charge in [0.15, 0.2) is 11.4 Å². The van der Waals surface area contributed by atoms with Gasteiger partial charge in [-0.1, -0.05) is 0 Å². The maximum absolute atomic E-state index is 12.8. The highest BCUT2D eigenvalue weighted by molar-refractivity contribution is 6.08. The first-order chi connectivity index (χ1) is 10.1. The molecule has 0 saturated carbocycles. The number of hydrogen-bond acceptors (Lipinski definition) is 5. The number of rotatable bonds is 4. The molecule has 108 valence electrons. The van der Waals surface area contributed by atoms with Crippen LogP contribution in [0.5, 0.6) is 0 Å². The van der Waals surface area contributed by atoms with Gasteiger partial charge in [0.25, 0.3) is 5.91 Å². The quantitative estimate of drug-likeness (QED) is 0.871. The number of benzene rings is 1. The van der Waals surface area contributed by atoms with E-state index in [0.717, 1.165) is 0 Å². The fourth-order valence-corrected chi connectivity index (χ4v) is 1.58. The first-order valence-electron chi connectivity index (χ1n) is 6.17. The predicted octanol–water partition coefficient (Wildman–Crippen LogP) is 2.04. The van der Waals surface area contributed by atoms with E-state index in [9.17, 15) is 14.0 Å². The second-order valence-corrected chi connectivity index (χ2v) is 3.94. The van der Waals surface area contributed by atoms with Crippen molar-refractivity contribution >= 4 is 17.6 Å². The van der Waals surface area contributed by atoms with Crippen LogP contribution < -0.4 is 5.32 Å². The largest absolute Gasteiger partial charge is 0.461 e. The number of anilines is 1. The fourth-order valence-electron chi connectivity index (χ4n) is 1.58. The number of nitrogens with zero attached hydrogens (tertiary/aromatic N) is 2. The standard InChI is InChI=1S/C14H12FN3O3/c1-2-21-14(20)12-11(16-7-8-17-12)13(19)18-10-5-3-9(15)4-6-10/h3-8H,2H2,1H3,(H,18,19). The zero-order valence-electron chi connectivity index (χ0n) is 11.2. The molecule has 1 heterocycles. The second kappa shape index (κ2) is 6.56. The van der Waals surface area contributed by atoms with Crippen molar-refractivity contribution in [3.05, 3.63) is 53.9 Å². The number of ether oxygens (including phenoxy) is 1. The summed E-state index contributed by atoms with van der Waals surface area (Å²) in [6.45, 7) is 1.81. The number of carbonyl (C=O) groups excluding carboxylic acids is 2. The Hall–Kier alpha value is -2.83. The molecule has 0 aliphatic carbocycles. The van der Waals surface area contributed by atoms with Crippen LogP contribution in [0, 0.1) is 5.82 Å². The average Bonchev–Trinajstić information content (AvgIpc) is 2.50. The van der Waals surface area contributed by atoms with Crippen molar-refractivity contribution in [3.8, 4) is 0 Å². The van der Waals surface area contributed by atoms with Crippen molar-refractivity contribution in [2.75, 3.05) is 11.9 Å². The van der Waals surface area contributed by atoms with Crippen LogP contribution in [0.3, 0.4) is 0 Å². The Morgan fingerprint density at radius 3 is 2.38 bits per heavy atom. The van der Waals surface area contributed by atoms with Crippen LogP contribution in [0.15, 0.2) is 36.7 Å². The lowest BCUT2D eigenvalue weighted by Gasteiger charge is -2.07. The topological polar surface area (TPSA) is 81.2 Å². The van der Waals surface area contributed by atoms with Crippen molar-refractivity contribution < 1.29 is 18.7 Å². The summed E-state index contributed by atoms with van der Waals surface area (Å²) in [6, 6.07) is 5.21. The molecule has 0 saturated heterocycles. The van der Waals surface area contributed by atoms with Gasteiger partial charge in [-0.15, -0.1) is 0 Å². The molecule has 1 aromatic carbocycles. The van der Waals surface area contributed by atoms with Crippen molar-refractivity contribution in [2.24, 2.45) is 0 Å². The molecule has 0 atom stereocenters. The van der Waals surface area contributed by atoms with E-state index in [-0.39, 0.29) is 18.0 Å². The average molecular weight is 289 g/mol. The lowest BCUT2D eigenvalue weighted by Crippen LogP contribution is -2.20. The molecule has 0 unspecified atom stereocenters. The van der Waals surface area contributed by atoms with E-state index < -0.39 is 17.7 Å². The van der Waals surface area contributed by atoms with Crippen molar-refractivity contribution in [2.45, 2.75) is 6.92 Å². The van der Waals surface area contributed by atoms with Crippen LogP contribution in [-0.2, 0) is 4.74 Å². The zero-order chi connectivity index (χ0) is 15.2. The minimum Gasteiger partial charge on any atom is -0.461 e. The molecule has 6 nitrogen and oxygen atoms in total. The molecule has 2 aromatic rings. The molecule has 7 heteroatoms. The molecule has 0 bridgehead atoms. The summed E-state index contributed by atoms with van der Waals surface area (Å²) in [6.07, 6.45) is 2.59. The zero-order valence-corrected chi connectivity index (χ0v) is 11.2. The summed E-state index contributed by atoms with van der Waals surface area (Å²) in [5, 5.41) is 2.51. The number of nitrogens with one attached hydrogen (secondary N) is 1. The Kier molecular flexibility index (Phi) is 4.55. The summed E-state index contributed by atoms with van der Waals surface area (Å²) in [5.41, 5.74) is 0.0566. The lowest BCUT2D eigenvalue weighted by molar-refractivity contribution is 0.0515. The van der Waals surface area contributed by atoms with E-state index in [1.165, 1.54) is 36.7 Å². The molecule has 2 rings (SSSR count). The highest BCUT2D eigenvalue weighted by Gasteiger charge is 2.21. The van der Waals surface area contributed by atoms with Crippen molar-refractivity contribution in [1.82, 2.24) is 9.97 Å². The Morgan fingerprint density at radius 1 is 1.14 bits per heavy atom. The van der Waals surface area contributed by atoms with Gasteiger partial charge in [0.1, 0.15) is 5.82 Å². The van der Waals surface area contributed by atoms with Crippen molar-refractivity contribution in [1.29, 1.82) is 0 Å². The van der Waals surface area contributed by atoms with E-state index in [4.69, 9.17) is 4.74 Å². The summed E-state index contributed by atoms with van der Waals surface area (Å²) in [5.74, 6) is -1.77. The van der Waals surface area contributed by atoms with Crippen LogP contribution in [0.25, 0.3) is 0 Å². The second-order valence-electron chi connectivity index (χ2n) is 3.94. The maximum Gasteiger partial charge on any atom is 0.359 e.